The van der Waals surface area contributed by atoms with Gasteiger partial charge in [0.15, 0.2) is 5.82 Å². The maximum absolute atomic E-state index is 10.4. The molecule has 1 aromatic rings. The van der Waals surface area contributed by atoms with E-state index in [1.54, 1.807) is 0 Å². The Labute approximate surface area is 72.2 Å². The van der Waals surface area contributed by atoms with Crippen LogP contribution in [0.3, 0.4) is 0 Å². The smallest absolute Gasteiger partial charge is 0.359 e. The first-order valence-corrected chi connectivity index (χ1v) is 3.89. The van der Waals surface area contributed by atoms with Crippen molar-refractivity contribution in [3.8, 4) is 0 Å². The molecule has 7 heteroatoms. The number of nitrogens with zero attached hydrogens (tertiary/aromatic N) is 2. The molecule has 0 spiro atoms. The van der Waals surface area contributed by atoms with Crippen LogP contribution >= 0.6 is 11.7 Å². The summed E-state index contributed by atoms with van der Waals surface area (Å²) in [7, 11) is 0. The van der Waals surface area contributed by atoms with Crippen LogP contribution in [0.25, 0.3) is 0 Å². The second-order valence-electron chi connectivity index (χ2n) is 1.92. The van der Waals surface area contributed by atoms with Crippen molar-refractivity contribution >= 4 is 23.5 Å². The summed E-state index contributed by atoms with van der Waals surface area (Å²) in [5, 5.41) is 19.6. The summed E-state index contributed by atoms with van der Waals surface area (Å²) in [5.74, 6) is -0.911. The van der Waals surface area contributed by atoms with Gasteiger partial charge in [-0.1, -0.05) is 0 Å². The lowest BCUT2D eigenvalue weighted by Gasteiger charge is -1.98. The SMILES string of the molecule is O=C(O)c1nsnc1NCCO. The molecule has 0 aliphatic carbocycles. The van der Waals surface area contributed by atoms with Crippen LogP contribution in [-0.4, -0.2) is 38.1 Å². The van der Waals surface area contributed by atoms with Crippen LogP contribution in [0.1, 0.15) is 10.5 Å². The van der Waals surface area contributed by atoms with E-state index in [1.165, 1.54) is 0 Å². The monoisotopic (exact) mass is 189 g/mol. The van der Waals surface area contributed by atoms with E-state index in [2.05, 4.69) is 14.1 Å². The molecule has 0 atom stereocenters. The van der Waals surface area contributed by atoms with Gasteiger partial charge in [-0.3, -0.25) is 0 Å². The third kappa shape index (κ3) is 1.89. The Bertz CT molecular complexity index is 275. The third-order valence-electron chi connectivity index (χ3n) is 1.10. The first-order chi connectivity index (χ1) is 5.75. The number of carboxylic acid groups (broad SMARTS) is 1. The van der Waals surface area contributed by atoms with Crippen molar-refractivity contribution in [2.24, 2.45) is 0 Å². The molecule has 3 N–H and O–H groups in total. The van der Waals surface area contributed by atoms with Crippen LogP contribution in [0.2, 0.25) is 0 Å². The molecule has 66 valence electrons. The lowest BCUT2D eigenvalue weighted by molar-refractivity contribution is 0.0692. The molecule has 0 fully saturated rings. The molecule has 6 nitrogen and oxygen atoms in total. The third-order valence-corrected chi connectivity index (χ3v) is 1.62. The van der Waals surface area contributed by atoms with E-state index in [0.717, 1.165) is 11.7 Å². The van der Waals surface area contributed by atoms with Gasteiger partial charge >= 0.3 is 5.97 Å². The summed E-state index contributed by atoms with van der Waals surface area (Å²) in [6.07, 6.45) is 0. The van der Waals surface area contributed by atoms with Gasteiger partial charge in [-0.15, -0.1) is 0 Å². The van der Waals surface area contributed by atoms with Crippen LogP contribution in [0.15, 0.2) is 0 Å². The predicted molar refractivity (Wildman–Crippen MR) is 42.4 cm³/mol. The van der Waals surface area contributed by atoms with Gasteiger partial charge in [-0.2, -0.15) is 8.75 Å². The summed E-state index contributed by atoms with van der Waals surface area (Å²) in [6, 6.07) is 0. The Hall–Kier alpha value is -1.21. The number of hydrogen-bond acceptors (Lipinski definition) is 6. The van der Waals surface area contributed by atoms with Gasteiger partial charge in [0.05, 0.1) is 18.3 Å². The largest absolute Gasteiger partial charge is 0.476 e. The summed E-state index contributed by atoms with van der Waals surface area (Å²) < 4.78 is 7.26. The van der Waals surface area contributed by atoms with Gasteiger partial charge in [0.2, 0.25) is 5.69 Å². The highest BCUT2D eigenvalue weighted by atomic mass is 32.1. The highest BCUT2D eigenvalue weighted by Crippen LogP contribution is 2.10. The number of aliphatic hydroxyl groups excluding tert-OH is 1. The van der Waals surface area contributed by atoms with E-state index in [9.17, 15) is 4.79 Å². The summed E-state index contributed by atoms with van der Waals surface area (Å²) >= 11 is 0.820. The van der Waals surface area contributed by atoms with E-state index < -0.39 is 5.97 Å². The molecule has 0 saturated carbocycles. The number of aromatic nitrogens is 2. The molecule has 0 bridgehead atoms. The maximum Gasteiger partial charge on any atom is 0.359 e. The van der Waals surface area contributed by atoms with Crippen molar-refractivity contribution < 1.29 is 15.0 Å². The highest BCUT2D eigenvalue weighted by Gasteiger charge is 2.13. The Morgan fingerprint density at radius 3 is 2.92 bits per heavy atom. The minimum Gasteiger partial charge on any atom is -0.476 e. The molecule has 1 aromatic heterocycles. The summed E-state index contributed by atoms with van der Waals surface area (Å²) in [6.45, 7) is 0.197. The number of anilines is 1. The zero-order chi connectivity index (χ0) is 8.97. The molecule has 0 amide bonds. The topological polar surface area (TPSA) is 95.3 Å². The molecular weight excluding hydrogens is 182 g/mol. The normalized spacial score (nSPS) is 9.75. The van der Waals surface area contributed by atoms with Gasteiger partial charge in [-0.05, 0) is 0 Å². The average molecular weight is 189 g/mol. The Morgan fingerprint density at radius 2 is 2.33 bits per heavy atom. The molecule has 1 heterocycles. The quantitative estimate of drug-likeness (QED) is 0.598. The van der Waals surface area contributed by atoms with Crippen LogP contribution in [0, 0.1) is 0 Å². The van der Waals surface area contributed by atoms with Gasteiger partial charge in [0.25, 0.3) is 0 Å². The first-order valence-electron chi connectivity index (χ1n) is 3.16. The van der Waals surface area contributed by atoms with E-state index in [4.69, 9.17) is 10.2 Å². The molecular formula is C5H7N3O3S. The highest BCUT2D eigenvalue weighted by molar-refractivity contribution is 6.99. The number of carbonyl (C=O) groups is 1. The molecule has 0 unspecified atom stereocenters. The Balaban J connectivity index is 2.70. The predicted octanol–water partition coefficient (Wildman–Crippen LogP) is -0.360. The molecule has 0 aliphatic rings. The van der Waals surface area contributed by atoms with Crippen molar-refractivity contribution in [1.82, 2.24) is 8.75 Å². The Kier molecular flexibility index (Phi) is 2.94. The molecule has 12 heavy (non-hydrogen) atoms. The number of carboxylic acids is 1. The fourth-order valence-corrected chi connectivity index (χ4v) is 1.14. The molecule has 1 rings (SSSR count). The number of aliphatic hydroxyl groups is 1. The molecule has 0 aromatic carbocycles. The fraction of sp³-hybridized carbons (Fsp3) is 0.400. The van der Waals surface area contributed by atoms with Gasteiger partial charge in [0, 0.05) is 6.54 Å². The van der Waals surface area contributed by atoms with Gasteiger partial charge < -0.3 is 15.5 Å². The summed E-state index contributed by atoms with van der Waals surface area (Å²) in [4.78, 5) is 10.4. The second kappa shape index (κ2) is 3.98. The molecule has 0 saturated heterocycles. The lowest BCUT2D eigenvalue weighted by atomic mass is 10.4. The van der Waals surface area contributed by atoms with Crippen LogP contribution in [0.4, 0.5) is 5.82 Å². The minimum atomic E-state index is -1.12. The van der Waals surface area contributed by atoms with E-state index in [0.29, 0.717) is 0 Å². The second-order valence-corrected chi connectivity index (χ2v) is 2.45. The van der Waals surface area contributed by atoms with Gasteiger partial charge in [0.1, 0.15) is 0 Å². The number of rotatable bonds is 4. The minimum absolute atomic E-state index is 0.0728. The van der Waals surface area contributed by atoms with E-state index in [1.807, 2.05) is 0 Å². The number of nitrogens with one attached hydrogen (secondary N) is 1. The fourth-order valence-electron chi connectivity index (χ4n) is 0.619. The lowest BCUT2D eigenvalue weighted by Crippen LogP contribution is -2.09. The first kappa shape index (κ1) is 8.88. The van der Waals surface area contributed by atoms with Crippen LogP contribution in [0.5, 0.6) is 0 Å². The standard InChI is InChI=1S/C5H7N3O3S/c9-2-1-6-4-3(5(10)11)7-12-8-4/h9H,1-2H2,(H,6,8)(H,10,11). The van der Waals surface area contributed by atoms with Crippen LogP contribution in [-0.2, 0) is 0 Å². The van der Waals surface area contributed by atoms with Crippen molar-refractivity contribution in [2.45, 2.75) is 0 Å². The molecule has 0 aliphatic heterocycles. The Morgan fingerprint density at radius 1 is 1.58 bits per heavy atom. The number of aromatic carboxylic acids is 1. The van der Waals surface area contributed by atoms with Crippen molar-refractivity contribution in [3.05, 3.63) is 5.69 Å². The van der Waals surface area contributed by atoms with Crippen molar-refractivity contribution in [3.63, 3.8) is 0 Å². The van der Waals surface area contributed by atoms with Crippen LogP contribution < -0.4 is 5.32 Å². The molecule has 0 radical (unpaired) electrons. The van der Waals surface area contributed by atoms with Gasteiger partial charge in [-0.25, -0.2) is 4.79 Å². The average Bonchev–Trinajstić information content (AvgIpc) is 2.48. The van der Waals surface area contributed by atoms with Crippen molar-refractivity contribution in [2.75, 3.05) is 18.5 Å². The van der Waals surface area contributed by atoms with E-state index in [-0.39, 0.29) is 24.7 Å². The maximum atomic E-state index is 10.4. The summed E-state index contributed by atoms with van der Waals surface area (Å²) in [5.41, 5.74) is -0.103. The van der Waals surface area contributed by atoms with Crippen molar-refractivity contribution in [1.29, 1.82) is 0 Å². The number of hydrogen-bond donors (Lipinski definition) is 3. The zero-order valence-electron chi connectivity index (χ0n) is 6.02. The zero-order valence-corrected chi connectivity index (χ0v) is 6.84. The van der Waals surface area contributed by atoms with E-state index >= 15 is 0 Å².